The Kier molecular flexibility index (Phi) is 5.80. The van der Waals surface area contributed by atoms with Gasteiger partial charge in [0, 0.05) is 16.4 Å². The van der Waals surface area contributed by atoms with Crippen LogP contribution < -0.4 is 0 Å². The van der Waals surface area contributed by atoms with Crippen molar-refractivity contribution >= 4 is 34.8 Å². The van der Waals surface area contributed by atoms with E-state index in [1.807, 2.05) is 32.0 Å². The lowest BCUT2D eigenvalue weighted by atomic mass is 10.2. The minimum Gasteiger partial charge on any atom is -0.468 e. The Morgan fingerprint density at radius 2 is 1.87 bits per heavy atom. The molecule has 23 heavy (non-hydrogen) atoms. The zero-order valence-electron chi connectivity index (χ0n) is 13.3. The van der Waals surface area contributed by atoms with E-state index >= 15 is 0 Å². The zero-order valence-corrected chi connectivity index (χ0v) is 14.8. The summed E-state index contributed by atoms with van der Waals surface area (Å²) in [4.78, 5) is 27.6. The van der Waals surface area contributed by atoms with E-state index in [2.05, 4.69) is 0 Å². The van der Waals surface area contributed by atoms with Gasteiger partial charge in [0.15, 0.2) is 0 Å². The van der Waals surface area contributed by atoms with Gasteiger partial charge in [0.05, 0.1) is 12.0 Å². The second-order valence-electron chi connectivity index (χ2n) is 5.21. The van der Waals surface area contributed by atoms with E-state index in [-0.39, 0.29) is 12.5 Å². The number of aryl methyl sites for hydroxylation is 2. The first kappa shape index (κ1) is 17.5. The second-order valence-corrected chi connectivity index (χ2v) is 6.91. The minimum atomic E-state index is -0.447. The fourth-order valence-electron chi connectivity index (χ4n) is 2.06. The van der Waals surface area contributed by atoms with Crippen molar-refractivity contribution in [3.63, 3.8) is 0 Å². The molecule has 0 atom stereocenters. The average molecular weight is 352 g/mol. The van der Waals surface area contributed by atoms with Gasteiger partial charge in [-0.2, -0.15) is 0 Å². The molecule has 0 unspecified atom stereocenters. The topological polar surface area (TPSA) is 46.6 Å². The van der Waals surface area contributed by atoms with Crippen LogP contribution >= 0.6 is 22.9 Å². The summed E-state index contributed by atoms with van der Waals surface area (Å²) >= 11 is 7.31. The average Bonchev–Trinajstić information content (AvgIpc) is 2.87. The maximum Gasteiger partial charge on any atom is 0.325 e. The minimum absolute atomic E-state index is 0.0893. The lowest BCUT2D eigenvalue weighted by Gasteiger charge is -2.21. The molecule has 1 aromatic heterocycles. The number of nitrogens with zero attached hydrogens (tertiary/aromatic N) is 1. The summed E-state index contributed by atoms with van der Waals surface area (Å²) in [5.41, 5.74) is 1.97. The lowest BCUT2D eigenvalue weighted by Crippen LogP contribution is -2.35. The number of ether oxygens (including phenoxy) is 1. The molecule has 6 heteroatoms. The van der Waals surface area contributed by atoms with Crippen LogP contribution in [0.15, 0.2) is 30.3 Å². The standard InChI is InChI=1S/C17H18ClNO3S/c1-11-8-15(23-12(11)2)17(21)19(10-16(20)22-3)9-13-4-6-14(18)7-5-13/h4-8H,9-10H2,1-3H3. The number of benzene rings is 1. The molecule has 0 aliphatic heterocycles. The summed E-state index contributed by atoms with van der Waals surface area (Å²) in [6.07, 6.45) is 0. The van der Waals surface area contributed by atoms with Crippen LogP contribution in [0.25, 0.3) is 0 Å². The van der Waals surface area contributed by atoms with Crippen molar-refractivity contribution in [3.05, 3.63) is 56.2 Å². The van der Waals surface area contributed by atoms with E-state index < -0.39 is 5.97 Å². The first-order valence-corrected chi connectivity index (χ1v) is 8.27. The van der Waals surface area contributed by atoms with E-state index in [4.69, 9.17) is 16.3 Å². The Bertz CT molecular complexity index is 690. The molecular formula is C17H18ClNO3S. The van der Waals surface area contributed by atoms with E-state index in [1.165, 1.54) is 23.3 Å². The van der Waals surface area contributed by atoms with Gasteiger partial charge in [0.25, 0.3) is 5.91 Å². The van der Waals surface area contributed by atoms with Crippen molar-refractivity contribution < 1.29 is 14.3 Å². The largest absolute Gasteiger partial charge is 0.468 e. The van der Waals surface area contributed by atoms with E-state index in [1.54, 1.807) is 12.1 Å². The molecule has 1 amide bonds. The molecule has 0 aliphatic rings. The van der Waals surface area contributed by atoms with Crippen LogP contribution in [0.1, 0.15) is 25.7 Å². The number of carbonyl (C=O) groups is 2. The summed E-state index contributed by atoms with van der Waals surface area (Å²) in [6, 6.07) is 9.05. The molecule has 0 bridgehead atoms. The smallest absolute Gasteiger partial charge is 0.325 e. The zero-order chi connectivity index (χ0) is 17.0. The van der Waals surface area contributed by atoms with Crippen LogP contribution in [0.5, 0.6) is 0 Å². The lowest BCUT2D eigenvalue weighted by molar-refractivity contribution is -0.141. The number of hydrogen-bond donors (Lipinski definition) is 0. The van der Waals surface area contributed by atoms with Gasteiger partial charge in [-0.1, -0.05) is 23.7 Å². The Labute approximate surface area is 144 Å². The SMILES string of the molecule is COC(=O)CN(Cc1ccc(Cl)cc1)C(=O)c1cc(C)c(C)s1. The molecule has 0 spiro atoms. The highest BCUT2D eigenvalue weighted by Gasteiger charge is 2.21. The first-order chi connectivity index (χ1) is 10.9. The quantitative estimate of drug-likeness (QED) is 0.769. The third-order valence-corrected chi connectivity index (χ3v) is 4.89. The summed E-state index contributed by atoms with van der Waals surface area (Å²) in [5.74, 6) is -0.621. The molecular weight excluding hydrogens is 334 g/mol. The van der Waals surface area contributed by atoms with Crippen molar-refractivity contribution in [2.45, 2.75) is 20.4 Å². The fraction of sp³-hybridized carbons (Fsp3) is 0.294. The number of methoxy groups -OCH3 is 1. The molecule has 0 fully saturated rings. The van der Waals surface area contributed by atoms with Gasteiger partial charge >= 0.3 is 5.97 Å². The molecule has 4 nitrogen and oxygen atoms in total. The molecule has 2 aromatic rings. The second kappa shape index (κ2) is 7.62. The number of carbonyl (C=O) groups excluding carboxylic acids is 2. The normalized spacial score (nSPS) is 10.4. The Hall–Kier alpha value is -1.85. The molecule has 0 aliphatic carbocycles. The van der Waals surface area contributed by atoms with Gasteiger partial charge in [0.1, 0.15) is 6.54 Å². The van der Waals surface area contributed by atoms with Crippen LogP contribution in [-0.4, -0.2) is 30.4 Å². The molecule has 0 saturated heterocycles. The molecule has 0 saturated carbocycles. The fourth-order valence-corrected chi connectivity index (χ4v) is 3.19. The van der Waals surface area contributed by atoms with Crippen LogP contribution in [0, 0.1) is 13.8 Å². The van der Waals surface area contributed by atoms with Crippen LogP contribution in [0.2, 0.25) is 5.02 Å². The van der Waals surface area contributed by atoms with Gasteiger partial charge < -0.3 is 9.64 Å². The number of halogens is 1. The summed E-state index contributed by atoms with van der Waals surface area (Å²) in [6.45, 7) is 4.17. The van der Waals surface area contributed by atoms with Gasteiger partial charge in [-0.05, 0) is 43.2 Å². The van der Waals surface area contributed by atoms with Crippen LogP contribution in [0.4, 0.5) is 0 Å². The molecule has 0 radical (unpaired) electrons. The van der Waals surface area contributed by atoms with E-state index in [0.29, 0.717) is 16.4 Å². The predicted molar refractivity (Wildman–Crippen MR) is 92.0 cm³/mol. The van der Waals surface area contributed by atoms with Gasteiger partial charge in [0.2, 0.25) is 0 Å². The maximum atomic E-state index is 12.7. The van der Waals surface area contributed by atoms with Crippen molar-refractivity contribution in [1.82, 2.24) is 4.90 Å². The maximum absolute atomic E-state index is 12.7. The van der Waals surface area contributed by atoms with Crippen LogP contribution in [-0.2, 0) is 16.1 Å². The van der Waals surface area contributed by atoms with Gasteiger partial charge in [-0.25, -0.2) is 0 Å². The number of esters is 1. The van der Waals surface area contributed by atoms with Crippen molar-refractivity contribution in [2.24, 2.45) is 0 Å². The molecule has 1 heterocycles. The highest BCUT2D eigenvalue weighted by atomic mass is 35.5. The molecule has 0 N–H and O–H groups in total. The molecule has 2 rings (SSSR count). The number of thiophene rings is 1. The Balaban J connectivity index is 2.23. The first-order valence-electron chi connectivity index (χ1n) is 7.08. The highest BCUT2D eigenvalue weighted by Crippen LogP contribution is 2.23. The Morgan fingerprint density at radius 1 is 1.22 bits per heavy atom. The summed E-state index contributed by atoms with van der Waals surface area (Å²) < 4.78 is 4.70. The van der Waals surface area contributed by atoms with Gasteiger partial charge in [-0.3, -0.25) is 9.59 Å². The van der Waals surface area contributed by atoms with Gasteiger partial charge in [-0.15, -0.1) is 11.3 Å². The molecule has 1 aromatic carbocycles. The number of amides is 1. The van der Waals surface area contributed by atoms with E-state index in [0.717, 1.165) is 16.0 Å². The predicted octanol–water partition coefficient (Wildman–Crippen LogP) is 3.83. The van der Waals surface area contributed by atoms with Crippen molar-refractivity contribution in [3.8, 4) is 0 Å². The van der Waals surface area contributed by atoms with Crippen LogP contribution in [0.3, 0.4) is 0 Å². The molecule has 122 valence electrons. The van der Waals surface area contributed by atoms with E-state index in [9.17, 15) is 9.59 Å². The Morgan fingerprint density at radius 3 is 2.39 bits per heavy atom. The summed E-state index contributed by atoms with van der Waals surface area (Å²) in [7, 11) is 1.31. The van der Waals surface area contributed by atoms with Crippen molar-refractivity contribution in [2.75, 3.05) is 13.7 Å². The number of hydrogen-bond acceptors (Lipinski definition) is 4. The third-order valence-electron chi connectivity index (χ3n) is 3.50. The number of rotatable bonds is 5. The monoisotopic (exact) mass is 351 g/mol. The third kappa shape index (κ3) is 4.56. The summed E-state index contributed by atoms with van der Waals surface area (Å²) in [5, 5.41) is 0.629. The highest BCUT2D eigenvalue weighted by molar-refractivity contribution is 7.14. The van der Waals surface area contributed by atoms with Crippen molar-refractivity contribution in [1.29, 1.82) is 0 Å².